The normalized spacial score (nSPS) is 16.4. The number of carbonyl (C=O) groups is 2. The van der Waals surface area contributed by atoms with Gasteiger partial charge in [-0.15, -0.1) is 0 Å². The van der Waals surface area contributed by atoms with Crippen LogP contribution in [0.25, 0.3) is 0 Å². The van der Waals surface area contributed by atoms with E-state index in [1.807, 2.05) is 11.8 Å². The highest BCUT2D eigenvalue weighted by atomic mass is 16.4. The number of carboxylic acid groups (broad SMARTS) is 1. The van der Waals surface area contributed by atoms with Crippen LogP contribution in [-0.4, -0.2) is 34.0 Å². The van der Waals surface area contributed by atoms with Gasteiger partial charge in [-0.3, -0.25) is 4.79 Å². The van der Waals surface area contributed by atoms with Crippen LogP contribution in [0.5, 0.6) is 0 Å². The first-order chi connectivity index (χ1) is 8.91. The Kier molecular flexibility index (Phi) is 3.64. The highest BCUT2D eigenvalue weighted by Gasteiger charge is 2.38. The van der Waals surface area contributed by atoms with Crippen molar-refractivity contribution in [2.24, 2.45) is 5.92 Å². The Hall–Kier alpha value is -1.78. The van der Waals surface area contributed by atoms with Crippen molar-refractivity contribution in [3.63, 3.8) is 0 Å². The van der Waals surface area contributed by atoms with Gasteiger partial charge in [0, 0.05) is 12.1 Å². The molecule has 0 spiro atoms. The van der Waals surface area contributed by atoms with E-state index in [0.29, 0.717) is 5.92 Å². The summed E-state index contributed by atoms with van der Waals surface area (Å²) in [6.07, 6.45) is 2.02. The van der Waals surface area contributed by atoms with Gasteiger partial charge in [-0.1, -0.05) is 13.8 Å². The molecule has 1 fully saturated rings. The largest absolute Gasteiger partial charge is 0.475 e. The van der Waals surface area contributed by atoms with Gasteiger partial charge in [0.25, 0.3) is 5.91 Å². The zero-order valence-electron chi connectivity index (χ0n) is 11.4. The lowest BCUT2D eigenvalue weighted by atomic mass is 10.0. The fourth-order valence-corrected chi connectivity index (χ4v) is 2.05. The van der Waals surface area contributed by atoms with E-state index >= 15 is 0 Å². The van der Waals surface area contributed by atoms with Crippen LogP contribution in [0.1, 0.15) is 54.7 Å². The second-order valence-corrected chi connectivity index (χ2v) is 5.40. The quantitative estimate of drug-likeness (QED) is 0.888. The van der Waals surface area contributed by atoms with Crippen molar-refractivity contribution >= 4 is 11.9 Å². The van der Waals surface area contributed by atoms with Crippen molar-refractivity contribution in [1.82, 2.24) is 4.90 Å². The molecule has 2 rings (SSSR count). The molecule has 1 aliphatic rings. The Morgan fingerprint density at radius 1 is 1.26 bits per heavy atom. The summed E-state index contributed by atoms with van der Waals surface area (Å²) in [6.45, 7) is 6.15. The SMILES string of the molecule is CC(C)[C@H](C)N(C(=O)c1ccc(C(=O)O)o1)C1CC1. The van der Waals surface area contributed by atoms with E-state index in [0.717, 1.165) is 12.8 Å². The lowest BCUT2D eigenvalue weighted by Crippen LogP contribution is -2.43. The Bertz CT molecular complexity index is 487. The first kappa shape index (κ1) is 13.6. The summed E-state index contributed by atoms with van der Waals surface area (Å²) in [7, 11) is 0. The van der Waals surface area contributed by atoms with Gasteiger partial charge in [0.1, 0.15) is 0 Å². The summed E-state index contributed by atoms with van der Waals surface area (Å²) < 4.78 is 5.10. The van der Waals surface area contributed by atoms with Crippen molar-refractivity contribution in [2.45, 2.75) is 45.7 Å². The van der Waals surface area contributed by atoms with Gasteiger partial charge in [-0.05, 0) is 37.8 Å². The third-order valence-corrected chi connectivity index (χ3v) is 3.61. The van der Waals surface area contributed by atoms with Gasteiger partial charge in [-0.2, -0.15) is 0 Å². The molecule has 19 heavy (non-hydrogen) atoms. The lowest BCUT2D eigenvalue weighted by Gasteiger charge is -2.31. The minimum absolute atomic E-state index is 0.108. The maximum atomic E-state index is 12.4. The second kappa shape index (κ2) is 5.07. The fraction of sp³-hybridized carbons (Fsp3) is 0.571. The second-order valence-electron chi connectivity index (χ2n) is 5.40. The summed E-state index contributed by atoms with van der Waals surface area (Å²) in [4.78, 5) is 25.1. The van der Waals surface area contributed by atoms with E-state index in [4.69, 9.17) is 9.52 Å². The third kappa shape index (κ3) is 2.80. The fourth-order valence-electron chi connectivity index (χ4n) is 2.05. The number of amides is 1. The monoisotopic (exact) mass is 265 g/mol. The molecular formula is C14H19NO4. The van der Waals surface area contributed by atoms with Crippen LogP contribution in [0.4, 0.5) is 0 Å². The Labute approximate surface area is 112 Å². The van der Waals surface area contributed by atoms with Crippen molar-refractivity contribution in [2.75, 3.05) is 0 Å². The summed E-state index contributed by atoms with van der Waals surface area (Å²) in [5.41, 5.74) is 0. The predicted octanol–water partition coefficient (Wildman–Crippen LogP) is 2.63. The van der Waals surface area contributed by atoms with E-state index in [9.17, 15) is 9.59 Å². The van der Waals surface area contributed by atoms with E-state index in [2.05, 4.69) is 13.8 Å². The first-order valence-corrected chi connectivity index (χ1v) is 6.57. The molecule has 0 aromatic carbocycles. The Morgan fingerprint density at radius 2 is 1.84 bits per heavy atom. The minimum Gasteiger partial charge on any atom is -0.475 e. The maximum Gasteiger partial charge on any atom is 0.371 e. The number of hydrogen-bond donors (Lipinski definition) is 1. The van der Waals surface area contributed by atoms with Crippen molar-refractivity contribution in [3.05, 3.63) is 23.7 Å². The third-order valence-electron chi connectivity index (χ3n) is 3.61. The Balaban J connectivity index is 2.21. The summed E-state index contributed by atoms with van der Waals surface area (Å²) in [5.74, 6) is -1.11. The van der Waals surface area contributed by atoms with E-state index in [1.54, 1.807) is 0 Å². The minimum atomic E-state index is -1.16. The average Bonchev–Trinajstić information content (AvgIpc) is 3.04. The van der Waals surface area contributed by atoms with Gasteiger partial charge in [0.15, 0.2) is 5.76 Å². The lowest BCUT2D eigenvalue weighted by molar-refractivity contribution is 0.0582. The smallest absolute Gasteiger partial charge is 0.371 e. The molecule has 1 N–H and O–H groups in total. The van der Waals surface area contributed by atoms with Crippen LogP contribution in [-0.2, 0) is 0 Å². The van der Waals surface area contributed by atoms with Crippen molar-refractivity contribution < 1.29 is 19.1 Å². The van der Waals surface area contributed by atoms with Crippen molar-refractivity contribution in [3.8, 4) is 0 Å². The number of carbonyl (C=O) groups excluding carboxylic acids is 1. The molecular weight excluding hydrogens is 246 g/mol. The van der Waals surface area contributed by atoms with E-state index < -0.39 is 5.97 Å². The van der Waals surface area contributed by atoms with Gasteiger partial charge in [0.05, 0.1) is 0 Å². The molecule has 0 saturated heterocycles. The highest BCUT2D eigenvalue weighted by Crippen LogP contribution is 2.32. The zero-order chi connectivity index (χ0) is 14.2. The Morgan fingerprint density at radius 3 is 2.26 bits per heavy atom. The number of furan rings is 1. The van der Waals surface area contributed by atoms with Crippen LogP contribution >= 0.6 is 0 Å². The summed E-state index contributed by atoms with van der Waals surface area (Å²) in [5, 5.41) is 8.82. The molecule has 5 heteroatoms. The van der Waals surface area contributed by atoms with Crippen LogP contribution in [0.2, 0.25) is 0 Å². The van der Waals surface area contributed by atoms with Gasteiger partial charge in [-0.25, -0.2) is 4.79 Å². The molecule has 1 aromatic rings. The summed E-state index contributed by atoms with van der Waals surface area (Å²) >= 11 is 0. The number of nitrogens with zero attached hydrogens (tertiary/aromatic N) is 1. The number of rotatable bonds is 5. The van der Waals surface area contributed by atoms with Gasteiger partial charge in [0.2, 0.25) is 5.76 Å². The molecule has 1 saturated carbocycles. The molecule has 1 aliphatic carbocycles. The van der Waals surface area contributed by atoms with Crippen LogP contribution in [0, 0.1) is 5.92 Å². The molecule has 0 radical (unpaired) electrons. The molecule has 0 aliphatic heterocycles. The summed E-state index contributed by atoms with van der Waals surface area (Å²) in [6, 6.07) is 3.14. The number of carboxylic acids is 1. The highest BCUT2D eigenvalue weighted by molar-refractivity contribution is 5.94. The predicted molar refractivity (Wildman–Crippen MR) is 69.2 cm³/mol. The van der Waals surface area contributed by atoms with Gasteiger partial charge < -0.3 is 14.4 Å². The van der Waals surface area contributed by atoms with Crippen LogP contribution in [0.15, 0.2) is 16.5 Å². The first-order valence-electron chi connectivity index (χ1n) is 6.57. The molecule has 1 atom stereocenters. The molecule has 0 unspecified atom stereocenters. The topological polar surface area (TPSA) is 70.8 Å². The molecule has 5 nitrogen and oxygen atoms in total. The molecule has 1 aromatic heterocycles. The van der Waals surface area contributed by atoms with Gasteiger partial charge >= 0.3 is 5.97 Å². The average molecular weight is 265 g/mol. The zero-order valence-corrected chi connectivity index (χ0v) is 11.4. The molecule has 0 bridgehead atoms. The molecule has 1 amide bonds. The maximum absolute atomic E-state index is 12.4. The molecule has 1 heterocycles. The standard InChI is InChI=1S/C14H19NO4/c1-8(2)9(3)15(10-4-5-10)13(16)11-6-7-12(19-11)14(17)18/h6-10H,4-5H2,1-3H3,(H,17,18)/t9-/m0/s1. The number of hydrogen-bond acceptors (Lipinski definition) is 3. The van der Waals surface area contributed by atoms with Crippen LogP contribution in [0.3, 0.4) is 0 Å². The molecule has 104 valence electrons. The van der Waals surface area contributed by atoms with E-state index in [1.165, 1.54) is 12.1 Å². The van der Waals surface area contributed by atoms with Crippen LogP contribution < -0.4 is 0 Å². The van der Waals surface area contributed by atoms with Crippen molar-refractivity contribution in [1.29, 1.82) is 0 Å². The number of aromatic carboxylic acids is 1. The van der Waals surface area contributed by atoms with E-state index in [-0.39, 0.29) is 29.5 Å².